The molecule has 0 spiro atoms. The van der Waals surface area contributed by atoms with Gasteiger partial charge in [-0.3, -0.25) is 4.79 Å². The van der Waals surface area contributed by atoms with Gasteiger partial charge >= 0.3 is 12.0 Å². The van der Waals surface area contributed by atoms with Crippen LogP contribution in [0.2, 0.25) is 0 Å². The first-order valence-electron chi connectivity index (χ1n) is 5.83. The Labute approximate surface area is 120 Å². The zero-order valence-electron chi connectivity index (χ0n) is 11.2. The zero-order chi connectivity index (χ0) is 15.9. The summed E-state index contributed by atoms with van der Waals surface area (Å²) < 4.78 is 24.9. The van der Waals surface area contributed by atoms with E-state index < -0.39 is 22.0 Å². The van der Waals surface area contributed by atoms with E-state index in [0.29, 0.717) is 5.69 Å². The summed E-state index contributed by atoms with van der Waals surface area (Å²) in [6, 6.07) is -0.502. The Morgan fingerprint density at radius 1 is 1.33 bits per heavy atom. The molecular formula is C9H16N6O5S. The Hall–Kier alpha value is -2.21. The van der Waals surface area contributed by atoms with Crippen molar-refractivity contribution in [1.29, 1.82) is 0 Å². The van der Waals surface area contributed by atoms with Crippen molar-refractivity contribution in [2.45, 2.75) is 13.1 Å². The number of aromatic nitrogens is 3. The van der Waals surface area contributed by atoms with Crippen molar-refractivity contribution in [3.63, 3.8) is 0 Å². The van der Waals surface area contributed by atoms with Crippen molar-refractivity contribution in [2.24, 2.45) is 0 Å². The number of carbonyl (C=O) groups excluding carboxylic acids is 1. The van der Waals surface area contributed by atoms with E-state index in [1.807, 2.05) is 0 Å². The number of carboxylic acids is 1. The first-order chi connectivity index (χ1) is 9.76. The number of urea groups is 1. The number of nitrogens with zero attached hydrogens (tertiary/aromatic N) is 3. The smallest absolute Gasteiger partial charge is 0.325 e. The summed E-state index contributed by atoms with van der Waals surface area (Å²) in [5.74, 6) is -1.05. The van der Waals surface area contributed by atoms with E-state index in [-0.39, 0.29) is 26.2 Å². The van der Waals surface area contributed by atoms with Crippen LogP contribution in [0.1, 0.15) is 5.69 Å². The van der Waals surface area contributed by atoms with Crippen LogP contribution in [0.5, 0.6) is 0 Å². The molecule has 0 bridgehead atoms. The summed E-state index contributed by atoms with van der Waals surface area (Å²) in [6.07, 6.45) is 2.42. The molecule has 0 fully saturated rings. The van der Waals surface area contributed by atoms with E-state index in [1.165, 1.54) is 6.20 Å². The fraction of sp³-hybridized carbons (Fsp3) is 0.556. The highest BCUT2D eigenvalue weighted by Gasteiger charge is 2.06. The molecule has 1 aromatic heterocycles. The molecule has 4 N–H and O–H groups in total. The number of amides is 2. The van der Waals surface area contributed by atoms with Gasteiger partial charge in [0.25, 0.3) is 0 Å². The zero-order valence-corrected chi connectivity index (χ0v) is 12.1. The van der Waals surface area contributed by atoms with Crippen molar-refractivity contribution in [3.05, 3.63) is 11.9 Å². The molecule has 1 aromatic rings. The van der Waals surface area contributed by atoms with Gasteiger partial charge in [0.1, 0.15) is 12.2 Å². The number of sulfonamides is 1. The van der Waals surface area contributed by atoms with Crippen LogP contribution in [0.25, 0.3) is 0 Å². The third kappa shape index (κ3) is 7.84. The van der Waals surface area contributed by atoms with Crippen LogP contribution < -0.4 is 15.4 Å². The summed E-state index contributed by atoms with van der Waals surface area (Å²) in [5.41, 5.74) is 0.403. The van der Waals surface area contributed by atoms with E-state index in [1.54, 1.807) is 0 Å². The molecule has 0 unspecified atom stereocenters. The Morgan fingerprint density at radius 2 is 2.05 bits per heavy atom. The normalized spacial score (nSPS) is 11.1. The lowest BCUT2D eigenvalue weighted by atomic mass is 10.4. The number of hydrogen-bond acceptors (Lipinski definition) is 6. The fourth-order valence-electron chi connectivity index (χ4n) is 1.28. The maximum absolute atomic E-state index is 11.4. The van der Waals surface area contributed by atoms with Crippen LogP contribution >= 0.6 is 0 Å². The van der Waals surface area contributed by atoms with Crippen LogP contribution in [0.3, 0.4) is 0 Å². The lowest BCUT2D eigenvalue weighted by Crippen LogP contribution is -2.39. The quantitative estimate of drug-likeness (QED) is 0.393. The van der Waals surface area contributed by atoms with Crippen molar-refractivity contribution in [2.75, 3.05) is 19.3 Å². The third-order valence-corrected chi connectivity index (χ3v) is 2.82. The summed E-state index contributed by atoms with van der Waals surface area (Å²) in [4.78, 5) is 21.8. The van der Waals surface area contributed by atoms with Crippen molar-refractivity contribution in [3.8, 4) is 0 Å². The van der Waals surface area contributed by atoms with Gasteiger partial charge in [-0.25, -0.2) is 22.6 Å². The van der Waals surface area contributed by atoms with Gasteiger partial charge in [-0.05, 0) is 0 Å². The molecule has 118 valence electrons. The molecule has 2 amide bonds. The number of nitrogens with one attached hydrogen (secondary N) is 3. The molecule has 0 radical (unpaired) electrons. The Morgan fingerprint density at radius 3 is 2.67 bits per heavy atom. The largest absolute Gasteiger partial charge is 0.480 e. The Bertz CT molecular complexity index is 598. The van der Waals surface area contributed by atoms with Crippen molar-refractivity contribution in [1.82, 2.24) is 30.3 Å². The molecule has 0 aliphatic heterocycles. The topological polar surface area (TPSA) is 155 Å². The van der Waals surface area contributed by atoms with Crippen LogP contribution in [0.15, 0.2) is 6.20 Å². The first kappa shape index (κ1) is 16.8. The molecule has 12 heteroatoms. The number of carboxylic acid groups (broad SMARTS) is 1. The van der Waals surface area contributed by atoms with Gasteiger partial charge < -0.3 is 15.7 Å². The van der Waals surface area contributed by atoms with E-state index >= 15 is 0 Å². The van der Waals surface area contributed by atoms with E-state index in [9.17, 15) is 18.0 Å². The molecule has 0 aromatic carbocycles. The third-order valence-electron chi connectivity index (χ3n) is 2.09. The Kier molecular flexibility index (Phi) is 6.05. The lowest BCUT2D eigenvalue weighted by Gasteiger charge is -2.06. The van der Waals surface area contributed by atoms with Gasteiger partial charge in [0.2, 0.25) is 10.0 Å². The van der Waals surface area contributed by atoms with Crippen LogP contribution in [-0.4, -0.2) is 59.9 Å². The number of rotatable bonds is 8. The van der Waals surface area contributed by atoms with Crippen LogP contribution in [-0.2, 0) is 27.9 Å². The molecule has 0 aliphatic rings. The summed E-state index contributed by atoms with van der Waals surface area (Å²) in [5, 5.41) is 20.7. The van der Waals surface area contributed by atoms with Crippen molar-refractivity contribution < 1.29 is 23.1 Å². The summed E-state index contributed by atoms with van der Waals surface area (Å²) in [6.45, 7) is -0.0209. The van der Waals surface area contributed by atoms with Gasteiger partial charge in [-0.1, -0.05) is 5.21 Å². The lowest BCUT2D eigenvalue weighted by molar-refractivity contribution is -0.137. The fourth-order valence-corrected chi connectivity index (χ4v) is 1.75. The molecule has 21 heavy (non-hydrogen) atoms. The second kappa shape index (κ2) is 7.54. The predicted octanol–water partition coefficient (Wildman–Crippen LogP) is -2.29. The second-order valence-corrected chi connectivity index (χ2v) is 5.91. The van der Waals surface area contributed by atoms with Gasteiger partial charge in [-0.15, -0.1) is 5.10 Å². The second-order valence-electron chi connectivity index (χ2n) is 4.08. The molecule has 1 rings (SSSR count). The van der Waals surface area contributed by atoms with Gasteiger partial charge in [-0.2, -0.15) is 0 Å². The summed E-state index contributed by atoms with van der Waals surface area (Å²) >= 11 is 0. The molecule has 0 aliphatic carbocycles. The minimum atomic E-state index is -3.28. The minimum absolute atomic E-state index is 0.0744. The van der Waals surface area contributed by atoms with Crippen molar-refractivity contribution >= 4 is 22.0 Å². The molecule has 11 nitrogen and oxygen atoms in total. The maximum atomic E-state index is 11.4. The van der Waals surface area contributed by atoms with E-state index in [2.05, 4.69) is 25.7 Å². The minimum Gasteiger partial charge on any atom is -0.480 e. The monoisotopic (exact) mass is 320 g/mol. The average molecular weight is 320 g/mol. The van der Waals surface area contributed by atoms with Crippen LogP contribution in [0.4, 0.5) is 4.79 Å². The molecular weight excluding hydrogens is 304 g/mol. The summed E-state index contributed by atoms with van der Waals surface area (Å²) in [7, 11) is -3.28. The predicted molar refractivity (Wildman–Crippen MR) is 70.7 cm³/mol. The van der Waals surface area contributed by atoms with Gasteiger partial charge in [0.05, 0.1) is 19.0 Å². The van der Waals surface area contributed by atoms with Gasteiger partial charge in [0.15, 0.2) is 0 Å². The highest BCUT2D eigenvalue weighted by atomic mass is 32.2. The van der Waals surface area contributed by atoms with E-state index in [4.69, 9.17) is 5.11 Å². The maximum Gasteiger partial charge on any atom is 0.325 e. The number of aliphatic carboxylic acids is 1. The van der Waals surface area contributed by atoms with Crippen LogP contribution in [0, 0.1) is 0 Å². The standard InChI is InChI=1S/C9H16N6O5S/c1-21(19,20)12-3-2-10-9(18)11-4-7-5-15(14-13-7)6-8(16)17/h5,12H,2-4,6H2,1H3,(H,16,17)(H2,10,11,18). The Balaban J connectivity index is 2.23. The number of hydrogen-bond donors (Lipinski definition) is 4. The molecule has 0 atom stereocenters. The highest BCUT2D eigenvalue weighted by molar-refractivity contribution is 7.88. The average Bonchev–Trinajstić information content (AvgIpc) is 2.78. The van der Waals surface area contributed by atoms with Gasteiger partial charge in [0, 0.05) is 13.1 Å². The molecule has 1 heterocycles. The molecule has 0 saturated heterocycles. The molecule has 0 saturated carbocycles. The highest BCUT2D eigenvalue weighted by Crippen LogP contribution is 1.92. The first-order valence-corrected chi connectivity index (χ1v) is 7.72. The number of carbonyl (C=O) groups is 2. The SMILES string of the molecule is CS(=O)(=O)NCCNC(=O)NCc1cn(CC(=O)O)nn1. The van der Waals surface area contributed by atoms with E-state index in [0.717, 1.165) is 10.9 Å².